The fraction of sp³-hybridized carbons (Fsp3) is 0.234. The summed E-state index contributed by atoms with van der Waals surface area (Å²) in [6, 6.07) is 46.5. The Bertz CT molecular complexity index is 4900. The molecule has 0 saturated carbocycles. The Morgan fingerprint density at radius 3 is 1.42 bits per heavy atom. The molecule has 111 heavy (non-hydrogen) atoms. The van der Waals surface area contributed by atoms with Crippen molar-refractivity contribution in [1.82, 2.24) is 15.0 Å². The lowest BCUT2D eigenvalue weighted by molar-refractivity contribution is -0.145. The molecule has 10 rings (SSSR count). The van der Waals surface area contributed by atoms with Crippen LogP contribution in [0.3, 0.4) is 0 Å². The number of carbonyl (C=O) groups is 4. The zero-order valence-corrected chi connectivity index (χ0v) is 67.6. The molecule has 7 aromatic carbocycles. The van der Waals surface area contributed by atoms with Crippen molar-refractivity contribution in [3.8, 4) is 57.6 Å². The SMILES string of the molecule is C.C/C=C/C(=O)Cl.CC(Oc1ccc(O)cc1)C(=O)O.CCO/C=C/C(=O)Nc1cccc(C)c1OC.COc1c(C)ccc2ccc(=O)[nH]c12.COc1c(C)ccc2ccc(Cl)nc12.COc1c(C)ccc2ccc(Oc3ccc(OC(C)C(=O)O)cc3)nc12.COc1c(C)cccc1N.O=P(Cl)(Cl)Cl.O=S(=O)(O)O. The number of phenols is 1. The van der Waals surface area contributed by atoms with Gasteiger partial charge in [-0.15, -0.1) is 0 Å². The lowest BCUT2D eigenvalue weighted by Crippen LogP contribution is -2.22. The zero-order valence-electron chi connectivity index (χ0n) is 62.1. The van der Waals surface area contributed by atoms with E-state index >= 15 is 0 Å². The second-order valence-corrected chi connectivity index (χ2v) is 30.3. The van der Waals surface area contributed by atoms with E-state index in [-0.39, 0.29) is 24.6 Å². The molecule has 0 aliphatic carbocycles. The average molecular weight is 1680 g/mol. The van der Waals surface area contributed by atoms with Crippen LogP contribution in [0.4, 0.5) is 11.4 Å². The van der Waals surface area contributed by atoms with Crippen LogP contribution in [0.1, 0.15) is 62.9 Å². The molecule has 2 atom stereocenters. The third kappa shape index (κ3) is 38.1. The third-order valence-corrected chi connectivity index (χ3v) is 14.1. The Hall–Kier alpha value is -10.5. The van der Waals surface area contributed by atoms with Crippen LogP contribution in [0.25, 0.3) is 32.7 Å². The van der Waals surface area contributed by atoms with Crippen molar-refractivity contribution in [2.45, 2.75) is 81.9 Å². The highest BCUT2D eigenvalue weighted by Crippen LogP contribution is 2.61. The molecule has 9 N–H and O–H groups in total. The summed E-state index contributed by atoms with van der Waals surface area (Å²) in [5, 5.41) is 28.9. The Balaban J connectivity index is 0.000000652. The fourth-order valence-electron chi connectivity index (χ4n) is 8.85. The Morgan fingerprint density at radius 1 is 0.586 bits per heavy atom. The van der Waals surface area contributed by atoms with Crippen LogP contribution in [-0.2, 0) is 38.9 Å². The van der Waals surface area contributed by atoms with Crippen LogP contribution >= 0.6 is 62.1 Å². The largest absolute Gasteiger partial charge is 0.508 e. The highest BCUT2D eigenvalue weighted by Gasteiger charge is 2.16. The van der Waals surface area contributed by atoms with Gasteiger partial charge in [-0.2, -0.15) is 8.42 Å². The Kier molecular flexibility index (Phi) is 44.6. The number of halogens is 5. The second-order valence-electron chi connectivity index (χ2n) is 22.0. The number of aliphatic carboxylic acids is 2. The number of aromatic nitrogens is 3. The molecule has 0 spiro atoms. The minimum absolute atomic E-state index is 0. The maximum absolute atomic E-state index is 11.5. The zero-order chi connectivity index (χ0) is 83.0. The normalized spacial score (nSPS) is 10.8. The maximum Gasteiger partial charge on any atom is 0.394 e. The monoisotopic (exact) mass is 1670 g/mol. The number of methoxy groups -OCH3 is 5. The number of nitrogens with zero attached hydrogens (tertiary/aromatic N) is 2. The first-order valence-electron chi connectivity index (χ1n) is 32.1. The van der Waals surface area contributed by atoms with E-state index in [4.69, 9.17) is 104 Å². The van der Waals surface area contributed by atoms with Crippen molar-refractivity contribution in [3.63, 3.8) is 0 Å². The Morgan fingerprint density at radius 2 is 0.991 bits per heavy atom. The number of ether oxygens (including phenoxy) is 9. The van der Waals surface area contributed by atoms with Crippen molar-refractivity contribution in [3.05, 3.63) is 226 Å². The fourth-order valence-corrected chi connectivity index (χ4v) is 9.12. The molecular formula is C77H89Cl5N5O22PS. The maximum atomic E-state index is 11.5. The van der Waals surface area contributed by atoms with Gasteiger partial charge in [0.1, 0.15) is 67.9 Å². The van der Waals surface area contributed by atoms with Crippen molar-refractivity contribution in [2.24, 2.45) is 0 Å². The van der Waals surface area contributed by atoms with Gasteiger partial charge in [0.15, 0.2) is 12.2 Å². The van der Waals surface area contributed by atoms with Gasteiger partial charge in [0.05, 0.1) is 65.3 Å². The number of carboxylic acid groups (broad SMARTS) is 2. The third-order valence-electron chi connectivity index (χ3n) is 13.7. The number of para-hydroxylation sites is 2. The number of pyridine rings is 3. The van der Waals surface area contributed by atoms with Gasteiger partial charge >= 0.3 is 27.5 Å². The molecule has 10 aromatic rings. The topological polar surface area (TPSA) is 400 Å². The van der Waals surface area contributed by atoms with E-state index in [1.807, 2.05) is 120 Å². The van der Waals surface area contributed by atoms with Crippen LogP contribution in [0.5, 0.6) is 57.6 Å². The molecule has 0 saturated heterocycles. The number of aryl methyl sites for hydroxylation is 5. The predicted octanol–water partition coefficient (Wildman–Crippen LogP) is 18.7. The van der Waals surface area contributed by atoms with Gasteiger partial charge in [-0.25, -0.2) is 19.6 Å². The van der Waals surface area contributed by atoms with Gasteiger partial charge in [0.2, 0.25) is 16.7 Å². The summed E-state index contributed by atoms with van der Waals surface area (Å²) >= 11 is 24.5. The van der Waals surface area contributed by atoms with Gasteiger partial charge in [-0.05, 0) is 226 Å². The number of amides is 1. The quantitative estimate of drug-likeness (QED) is 0.00752. The van der Waals surface area contributed by atoms with E-state index in [0.717, 1.165) is 83.5 Å². The van der Waals surface area contributed by atoms with Crippen molar-refractivity contribution in [2.75, 3.05) is 53.2 Å². The average Bonchev–Trinajstić information content (AvgIpc) is 0.811. The minimum atomic E-state index is -4.67. The number of carbonyl (C=O) groups excluding carboxylic acids is 2. The van der Waals surface area contributed by atoms with E-state index in [9.17, 15) is 28.5 Å². The summed E-state index contributed by atoms with van der Waals surface area (Å²) in [4.78, 5) is 65.2. The molecule has 0 radical (unpaired) electrons. The van der Waals surface area contributed by atoms with Gasteiger partial charge < -0.3 is 74.0 Å². The number of fused-ring (bicyclic) bond motifs is 3. The predicted molar refractivity (Wildman–Crippen MR) is 438 cm³/mol. The summed E-state index contributed by atoms with van der Waals surface area (Å²) in [6.45, 7) is 16.8. The van der Waals surface area contributed by atoms with Crippen LogP contribution < -0.4 is 54.5 Å². The number of aromatic amines is 1. The number of benzene rings is 7. The number of allylic oxidation sites excluding steroid dienone is 2. The molecule has 0 bridgehead atoms. The van der Waals surface area contributed by atoms with Gasteiger partial charge in [0, 0.05) is 34.4 Å². The summed E-state index contributed by atoms with van der Waals surface area (Å²) in [5.74, 6) is 3.43. The first-order valence-corrected chi connectivity index (χ1v) is 38.7. The number of nitrogens with one attached hydrogen (secondary N) is 2. The van der Waals surface area contributed by atoms with Gasteiger partial charge in [-0.1, -0.05) is 85.8 Å². The molecule has 34 heteroatoms. The smallest absolute Gasteiger partial charge is 0.394 e. The first-order chi connectivity index (χ1) is 51.7. The standard InChI is InChI=1S/C20H19NO5.C13H17NO3.C11H10ClNO.C11H11NO2.C9H10O4.C8H11NO.C4H5ClO.CH4.Cl3OP.H2O4S/c1-12-4-5-14-6-11-17(21-18(14)19(12)24-3)26-16-9-7-15(8-10-16)25-13(2)20(22)23;1-4-17-9-8-12(15)14-11-7-5-6-10(2)13(11)16-3;1-7-3-4-8-5-6-9(12)13-10(8)11(7)14-2;1-7-3-4-8-5-6-9(13)12-10(8)11(7)14-2;1-6(9(11)12)13-8-4-2-7(10)3-5-8;1-6-4-3-5-7(9)8(6)10-2;1-2-3-4(5)6;;2*1-5(2,3)4/h4-11,13H,1-3H3,(H,22,23);5-9H,4H2,1-3H3,(H,14,15);3-6H,1-2H3;3-6H,1-2H3,(H,12,13);2-6,10H,1H3,(H,11,12);3-5H,9H2,1-2H3;2-3H,1H3;1H4;;(H2,1,2,3,4)/b;9-8+;;;;;3-2+;;;. The van der Waals surface area contributed by atoms with Crippen molar-refractivity contribution >= 4 is 140 Å². The molecular weight excluding hydrogens is 1590 g/mol. The molecule has 0 fully saturated rings. The van der Waals surface area contributed by atoms with Crippen LogP contribution in [-0.4, -0.2) is 125 Å². The molecule has 1 amide bonds. The number of hydrogen-bond acceptors (Lipinski definition) is 21. The van der Waals surface area contributed by atoms with E-state index in [1.165, 1.54) is 62.6 Å². The summed E-state index contributed by atoms with van der Waals surface area (Å²) in [7, 11) is 3.40. The lowest BCUT2D eigenvalue weighted by Gasteiger charge is -2.12. The molecule has 3 heterocycles. The van der Waals surface area contributed by atoms with E-state index < -0.39 is 45.0 Å². The van der Waals surface area contributed by atoms with Crippen molar-refractivity contribution < 1.29 is 99.2 Å². The number of H-pyrrole nitrogens is 1. The Labute approximate surface area is 668 Å². The molecule has 0 aliphatic heterocycles. The number of anilines is 2. The van der Waals surface area contributed by atoms with Gasteiger partial charge in [-0.3, -0.25) is 28.1 Å². The number of nitrogen functional groups attached to an aromatic ring is 1. The number of phenolic OH excluding ortho intramolecular Hbond substituents is 1. The molecule has 3 aromatic heterocycles. The van der Waals surface area contributed by atoms with E-state index in [1.54, 1.807) is 97.1 Å². The molecule has 27 nitrogen and oxygen atoms in total. The number of rotatable bonds is 18. The second kappa shape index (κ2) is 50.3. The van der Waals surface area contributed by atoms with Crippen LogP contribution in [0, 0.1) is 34.6 Å². The summed E-state index contributed by atoms with van der Waals surface area (Å²) in [5.41, 5.74) is 14.3. The van der Waals surface area contributed by atoms with Crippen molar-refractivity contribution in [1.29, 1.82) is 0 Å². The number of carboxylic acids is 2. The number of aromatic hydroxyl groups is 1. The van der Waals surface area contributed by atoms with E-state index in [0.29, 0.717) is 52.0 Å². The van der Waals surface area contributed by atoms with Crippen LogP contribution in [0.15, 0.2) is 187 Å². The minimum Gasteiger partial charge on any atom is -0.508 e. The summed E-state index contributed by atoms with van der Waals surface area (Å²) < 4.78 is 88.4. The van der Waals surface area contributed by atoms with Crippen LogP contribution in [0.2, 0.25) is 5.15 Å². The molecule has 0 aliphatic rings. The highest BCUT2D eigenvalue weighted by molar-refractivity contribution is 8.24. The first kappa shape index (κ1) is 98.5. The lowest BCUT2D eigenvalue weighted by atomic mass is 10.1. The molecule has 600 valence electrons. The summed E-state index contributed by atoms with van der Waals surface area (Å²) in [6.07, 6.45) is 3.80. The molecule has 2 unspecified atom stereocenters. The highest BCUT2D eigenvalue weighted by atomic mass is 36.0. The number of hydrogen-bond donors (Lipinski definition) is 8. The number of nitrogens with two attached hydrogens (primary N) is 1. The van der Waals surface area contributed by atoms with Gasteiger partial charge in [0.25, 0.3) is 5.91 Å². The van der Waals surface area contributed by atoms with E-state index in [2.05, 4.69) is 54.0 Å².